The largest absolute Gasteiger partial charge is 0.480 e. The summed E-state index contributed by atoms with van der Waals surface area (Å²) in [4.78, 5) is 11.8. The highest BCUT2D eigenvalue weighted by Gasteiger charge is 2.09. The highest BCUT2D eigenvalue weighted by atomic mass is 35.5. The number of carbonyl (C=O) groups excluding carboxylic acids is 1. The third-order valence-corrected chi connectivity index (χ3v) is 3.55. The Kier molecular flexibility index (Phi) is 5.69. The lowest BCUT2D eigenvalue weighted by atomic mass is 10.0. The van der Waals surface area contributed by atoms with E-state index in [1.807, 2.05) is 12.1 Å². The monoisotopic (exact) mass is 338 g/mol. The van der Waals surface area contributed by atoms with Crippen molar-refractivity contribution in [2.75, 3.05) is 6.61 Å². The number of halogens is 2. The van der Waals surface area contributed by atoms with Gasteiger partial charge in [-0.15, -0.1) is 0 Å². The van der Waals surface area contributed by atoms with Crippen molar-refractivity contribution < 1.29 is 14.3 Å². The number of hydrogen-bond acceptors (Lipinski definition) is 3. The minimum atomic E-state index is -0.497. The third kappa shape index (κ3) is 4.65. The lowest BCUT2D eigenvalue weighted by Crippen LogP contribution is -2.17. The first-order valence-corrected chi connectivity index (χ1v) is 7.60. The minimum absolute atomic E-state index is 0.229. The molecule has 0 N–H and O–H groups in total. The number of rotatable bonds is 5. The Morgan fingerprint density at radius 3 is 2.36 bits per heavy atom. The quantitative estimate of drug-likeness (QED) is 0.561. The third-order valence-electron chi connectivity index (χ3n) is 3.02. The van der Waals surface area contributed by atoms with Crippen LogP contribution in [0.2, 0.25) is 10.0 Å². The minimum Gasteiger partial charge on any atom is -0.480 e. The van der Waals surface area contributed by atoms with E-state index >= 15 is 0 Å². The van der Waals surface area contributed by atoms with E-state index in [0.29, 0.717) is 27.5 Å². The van der Waals surface area contributed by atoms with Crippen LogP contribution in [0.4, 0.5) is 0 Å². The first kappa shape index (κ1) is 16.7. The fourth-order valence-corrected chi connectivity index (χ4v) is 2.27. The molecule has 0 saturated carbocycles. The maximum Gasteiger partial charge on any atom is 0.349 e. The van der Waals surface area contributed by atoms with Gasteiger partial charge in [0.25, 0.3) is 0 Å². The predicted molar refractivity (Wildman–Crippen MR) is 88.1 cm³/mol. The molecular formula is C17H16Cl2O3. The van der Waals surface area contributed by atoms with Gasteiger partial charge in [-0.2, -0.15) is 0 Å². The second kappa shape index (κ2) is 7.52. The smallest absolute Gasteiger partial charge is 0.349 e. The second-order valence-electron chi connectivity index (χ2n) is 5.06. The van der Waals surface area contributed by atoms with Crippen molar-refractivity contribution in [2.45, 2.75) is 19.8 Å². The van der Waals surface area contributed by atoms with Gasteiger partial charge in [0.1, 0.15) is 11.5 Å². The fourth-order valence-electron chi connectivity index (χ4n) is 1.81. The molecule has 5 heteroatoms. The van der Waals surface area contributed by atoms with Crippen LogP contribution in [0.5, 0.6) is 11.5 Å². The Morgan fingerprint density at radius 2 is 1.77 bits per heavy atom. The molecule has 2 aromatic carbocycles. The second-order valence-corrected chi connectivity index (χ2v) is 5.90. The topological polar surface area (TPSA) is 35.5 Å². The summed E-state index contributed by atoms with van der Waals surface area (Å²) in [5.41, 5.74) is 1.18. The van der Waals surface area contributed by atoms with Crippen molar-refractivity contribution in [3.8, 4) is 11.5 Å². The number of ether oxygens (including phenoxy) is 2. The van der Waals surface area contributed by atoms with Crippen molar-refractivity contribution in [1.29, 1.82) is 0 Å². The molecule has 22 heavy (non-hydrogen) atoms. The zero-order chi connectivity index (χ0) is 16.1. The van der Waals surface area contributed by atoms with Crippen LogP contribution in [-0.2, 0) is 4.79 Å². The molecule has 0 aliphatic carbocycles. The van der Waals surface area contributed by atoms with Gasteiger partial charge in [0, 0.05) is 5.02 Å². The summed E-state index contributed by atoms with van der Waals surface area (Å²) < 4.78 is 10.5. The van der Waals surface area contributed by atoms with Crippen molar-refractivity contribution in [2.24, 2.45) is 0 Å². The summed E-state index contributed by atoms with van der Waals surface area (Å²) in [7, 11) is 0. The molecule has 0 unspecified atom stereocenters. The molecule has 0 saturated heterocycles. The Hall–Kier alpha value is -1.71. The number of esters is 1. The van der Waals surface area contributed by atoms with Crippen LogP contribution in [0.15, 0.2) is 42.5 Å². The Morgan fingerprint density at radius 1 is 1.09 bits per heavy atom. The first-order chi connectivity index (χ1) is 10.5. The fraction of sp³-hybridized carbons (Fsp3) is 0.235. The summed E-state index contributed by atoms with van der Waals surface area (Å²) in [6, 6.07) is 12.2. The van der Waals surface area contributed by atoms with E-state index in [9.17, 15) is 4.79 Å². The molecule has 0 heterocycles. The van der Waals surface area contributed by atoms with Crippen molar-refractivity contribution in [1.82, 2.24) is 0 Å². The van der Waals surface area contributed by atoms with Gasteiger partial charge in [-0.3, -0.25) is 0 Å². The Bertz CT molecular complexity index is 651. The molecule has 0 radical (unpaired) electrons. The molecule has 0 aliphatic heterocycles. The van der Waals surface area contributed by atoms with Gasteiger partial charge in [0.2, 0.25) is 0 Å². The van der Waals surface area contributed by atoms with Crippen LogP contribution >= 0.6 is 23.2 Å². The first-order valence-electron chi connectivity index (χ1n) is 6.84. The molecule has 0 amide bonds. The summed E-state index contributed by atoms with van der Waals surface area (Å²) in [6.45, 7) is 3.97. The molecule has 2 aromatic rings. The van der Waals surface area contributed by atoms with Crippen molar-refractivity contribution in [3.05, 3.63) is 58.1 Å². The molecule has 3 nitrogen and oxygen atoms in total. The molecule has 0 fully saturated rings. The molecule has 0 spiro atoms. The van der Waals surface area contributed by atoms with Gasteiger partial charge in [-0.1, -0.05) is 49.2 Å². The molecule has 2 rings (SSSR count). The normalized spacial score (nSPS) is 10.6. The highest BCUT2D eigenvalue weighted by Crippen LogP contribution is 2.27. The molecule has 0 atom stereocenters. The Balaban J connectivity index is 1.90. The lowest BCUT2D eigenvalue weighted by Gasteiger charge is -2.09. The van der Waals surface area contributed by atoms with Crippen LogP contribution in [0, 0.1) is 0 Å². The molecule has 116 valence electrons. The Labute approximate surface area is 139 Å². The predicted octanol–water partition coefficient (Wildman–Crippen LogP) is 5.10. The average molecular weight is 339 g/mol. The molecule has 0 aliphatic rings. The zero-order valence-corrected chi connectivity index (χ0v) is 13.8. The lowest BCUT2D eigenvalue weighted by molar-refractivity contribution is -0.136. The summed E-state index contributed by atoms with van der Waals surface area (Å²) in [5, 5.41) is 0.853. The van der Waals surface area contributed by atoms with Crippen LogP contribution in [0.25, 0.3) is 0 Å². The molecular weight excluding hydrogens is 323 g/mol. The zero-order valence-electron chi connectivity index (χ0n) is 12.3. The van der Waals surface area contributed by atoms with Gasteiger partial charge in [-0.25, -0.2) is 4.79 Å². The van der Waals surface area contributed by atoms with Gasteiger partial charge in [0.15, 0.2) is 6.61 Å². The number of hydrogen-bond donors (Lipinski definition) is 0. The molecule has 0 aromatic heterocycles. The SMILES string of the molecule is CC(C)c1ccc(OC(=O)COc2ccc(Cl)cc2Cl)cc1. The highest BCUT2D eigenvalue weighted by molar-refractivity contribution is 6.35. The van der Waals surface area contributed by atoms with Gasteiger partial charge in [0.05, 0.1) is 5.02 Å². The van der Waals surface area contributed by atoms with E-state index in [1.165, 1.54) is 5.56 Å². The van der Waals surface area contributed by atoms with Gasteiger partial charge < -0.3 is 9.47 Å². The van der Waals surface area contributed by atoms with Crippen LogP contribution in [0.1, 0.15) is 25.3 Å². The van der Waals surface area contributed by atoms with Gasteiger partial charge in [-0.05, 0) is 41.8 Å². The van der Waals surface area contributed by atoms with E-state index in [0.717, 1.165) is 0 Å². The average Bonchev–Trinajstić information content (AvgIpc) is 2.47. The standard InChI is InChI=1S/C17H16Cl2O3/c1-11(2)12-3-6-14(7-4-12)22-17(20)10-21-16-8-5-13(18)9-15(16)19/h3-9,11H,10H2,1-2H3. The van der Waals surface area contributed by atoms with Crippen LogP contribution < -0.4 is 9.47 Å². The van der Waals surface area contributed by atoms with Crippen molar-refractivity contribution in [3.63, 3.8) is 0 Å². The van der Waals surface area contributed by atoms with E-state index in [1.54, 1.807) is 30.3 Å². The van der Waals surface area contributed by atoms with E-state index < -0.39 is 5.97 Å². The van der Waals surface area contributed by atoms with Gasteiger partial charge >= 0.3 is 5.97 Å². The number of carbonyl (C=O) groups is 1. The van der Waals surface area contributed by atoms with E-state index in [4.69, 9.17) is 32.7 Å². The van der Waals surface area contributed by atoms with Crippen LogP contribution in [-0.4, -0.2) is 12.6 Å². The summed E-state index contributed by atoms with van der Waals surface area (Å²) in [5.74, 6) is 0.807. The molecule has 0 bridgehead atoms. The van der Waals surface area contributed by atoms with Crippen LogP contribution in [0.3, 0.4) is 0 Å². The maximum atomic E-state index is 11.8. The van der Waals surface area contributed by atoms with E-state index in [2.05, 4.69) is 13.8 Å². The van der Waals surface area contributed by atoms with Crippen molar-refractivity contribution >= 4 is 29.2 Å². The summed E-state index contributed by atoms with van der Waals surface area (Å²) in [6.07, 6.45) is 0. The van der Waals surface area contributed by atoms with E-state index in [-0.39, 0.29) is 6.61 Å². The maximum absolute atomic E-state index is 11.8. The number of benzene rings is 2. The summed E-state index contributed by atoms with van der Waals surface area (Å²) >= 11 is 11.7.